The number of nitrogens with zero attached hydrogens (tertiary/aromatic N) is 1. The maximum atomic E-state index is 10.4. The Labute approximate surface area is 112 Å². The van der Waals surface area contributed by atoms with Crippen LogP contribution in [0.25, 0.3) is 0 Å². The highest BCUT2D eigenvalue weighted by Crippen LogP contribution is 2.37. The second-order valence-corrected chi connectivity index (χ2v) is 5.20. The maximum Gasteiger partial charge on any atom is 0.114 e. The standard InChI is InChI=1S/C14H19NO4/c1-9-12-8-18-11(7-16)14(17)13(9)15(19-12)10-5-3-2-4-6-10/h2-6,9,11-14,16-17H,7-8H2,1H3/t9?,11-,12+,13+,14+/m1/s1. The van der Waals surface area contributed by atoms with Gasteiger partial charge in [-0.1, -0.05) is 25.1 Å². The predicted molar refractivity (Wildman–Crippen MR) is 69.6 cm³/mol. The van der Waals surface area contributed by atoms with Crippen LogP contribution in [0.4, 0.5) is 5.69 Å². The van der Waals surface area contributed by atoms with E-state index >= 15 is 0 Å². The molecular weight excluding hydrogens is 246 g/mol. The molecule has 104 valence electrons. The van der Waals surface area contributed by atoms with Crippen LogP contribution in [0.3, 0.4) is 0 Å². The number of benzene rings is 1. The molecular formula is C14H19NO4. The van der Waals surface area contributed by atoms with Gasteiger partial charge in [0.1, 0.15) is 18.3 Å². The van der Waals surface area contributed by atoms with Crippen LogP contribution in [0, 0.1) is 5.92 Å². The normalized spacial score (nSPS) is 38.3. The van der Waals surface area contributed by atoms with Gasteiger partial charge in [-0.15, -0.1) is 0 Å². The highest BCUT2D eigenvalue weighted by Gasteiger charge is 2.49. The van der Waals surface area contributed by atoms with Crippen LogP contribution in [0.15, 0.2) is 30.3 Å². The summed E-state index contributed by atoms with van der Waals surface area (Å²) in [5, 5.41) is 21.5. The molecule has 1 unspecified atom stereocenters. The number of fused-ring (bicyclic) bond motifs is 2. The fourth-order valence-electron chi connectivity index (χ4n) is 2.88. The van der Waals surface area contributed by atoms with E-state index in [2.05, 4.69) is 0 Å². The van der Waals surface area contributed by atoms with Gasteiger partial charge in [0.25, 0.3) is 0 Å². The van der Waals surface area contributed by atoms with Gasteiger partial charge in [0.2, 0.25) is 0 Å². The molecule has 0 radical (unpaired) electrons. The van der Waals surface area contributed by atoms with E-state index in [1.165, 1.54) is 0 Å². The molecule has 1 aromatic carbocycles. The first-order valence-corrected chi connectivity index (χ1v) is 6.64. The summed E-state index contributed by atoms with van der Waals surface area (Å²) in [5.41, 5.74) is 0.916. The lowest BCUT2D eigenvalue weighted by Crippen LogP contribution is -2.49. The number of aliphatic hydroxyl groups is 2. The number of hydroxylamine groups is 1. The van der Waals surface area contributed by atoms with Crippen LogP contribution in [0.1, 0.15) is 6.92 Å². The third kappa shape index (κ3) is 2.12. The second kappa shape index (κ2) is 5.09. The topological polar surface area (TPSA) is 62.2 Å². The summed E-state index contributed by atoms with van der Waals surface area (Å²) in [6.45, 7) is 2.26. The number of rotatable bonds is 2. The highest BCUT2D eigenvalue weighted by molar-refractivity contribution is 5.46. The Balaban J connectivity index is 1.92. The van der Waals surface area contributed by atoms with Crippen LogP contribution in [0.5, 0.6) is 0 Å². The molecule has 0 aliphatic carbocycles. The smallest absolute Gasteiger partial charge is 0.114 e. The fourth-order valence-corrected chi connectivity index (χ4v) is 2.88. The van der Waals surface area contributed by atoms with E-state index in [1.807, 2.05) is 37.3 Å². The number of hydrogen-bond donors (Lipinski definition) is 2. The Bertz CT molecular complexity index is 427. The van der Waals surface area contributed by atoms with E-state index < -0.39 is 12.2 Å². The molecule has 5 nitrogen and oxygen atoms in total. The number of ether oxygens (including phenoxy) is 1. The molecule has 2 fully saturated rings. The van der Waals surface area contributed by atoms with Crippen molar-refractivity contribution in [2.45, 2.75) is 31.3 Å². The van der Waals surface area contributed by atoms with Crippen LogP contribution in [-0.2, 0) is 9.57 Å². The Morgan fingerprint density at radius 3 is 2.74 bits per heavy atom. The zero-order valence-corrected chi connectivity index (χ0v) is 10.8. The number of aliphatic hydroxyl groups excluding tert-OH is 2. The summed E-state index contributed by atoms with van der Waals surface area (Å²) in [6, 6.07) is 9.51. The first-order valence-electron chi connectivity index (χ1n) is 6.64. The van der Waals surface area contributed by atoms with Gasteiger partial charge >= 0.3 is 0 Å². The molecule has 1 aromatic rings. The maximum absolute atomic E-state index is 10.4. The number of para-hydroxylation sites is 1. The first kappa shape index (κ1) is 12.9. The van der Waals surface area contributed by atoms with Crippen molar-refractivity contribution in [1.29, 1.82) is 0 Å². The van der Waals surface area contributed by atoms with Gasteiger partial charge in [0.05, 0.1) is 24.9 Å². The Morgan fingerprint density at radius 2 is 2.05 bits per heavy atom. The average Bonchev–Trinajstić information content (AvgIpc) is 2.70. The van der Waals surface area contributed by atoms with Crippen molar-refractivity contribution in [3.8, 4) is 0 Å². The van der Waals surface area contributed by atoms with Crippen molar-refractivity contribution in [2.24, 2.45) is 5.92 Å². The van der Waals surface area contributed by atoms with Gasteiger partial charge in [0.15, 0.2) is 0 Å². The lowest BCUT2D eigenvalue weighted by atomic mass is 9.92. The van der Waals surface area contributed by atoms with Crippen molar-refractivity contribution < 1.29 is 19.8 Å². The zero-order chi connectivity index (χ0) is 13.4. The molecule has 5 atom stereocenters. The summed E-state index contributed by atoms with van der Waals surface area (Å²) >= 11 is 0. The van der Waals surface area contributed by atoms with Gasteiger partial charge in [-0.3, -0.25) is 4.84 Å². The highest BCUT2D eigenvalue weighted by atomic mass is 16.7. The monoisotopic (exact) mass is 265 g/mol. The van der Waals surface area contributed by atoms with Crippen LogP contribution < -0.4 is 5.06 Å². The van der Waals surface area contributed by atoms with Gasteiger partial charge in [0, 0.05) is 5.92 Å². The third-order valence-electron chi connectivity index (χ3n) is 4.04. The zero-order valence-electron chi connectivity index (χ0n) is 10.8. The van der Waals surface area contributed by atoms with Crippen LogP contribution >= 0.6 is 0 Å². The Kier molecular flexibility index (Phi) is 3.45. The van der Waals surface area contributed by atoms with Crippen molar-refractivity contribution in [2.75, 3.05) is 18.3 Å². The minimum atomic E-state index is -0.771. The summed E-state index contributed by atoms with van der Waals surface area (Å²) in [4.78, 5) is 5.89. The summed E-state index contributed by atoms with van der Waals surface area (Å²) < 4.78 is 5.50. The number of anilines is 1. The molecule has 0 spiro atoms. The molecule has 2 aliphatic rings. The van der Waals surface area contributed by atoms with Gasteiger partial charge in [-0.25, -0.2) is 5.06 Å². The van der Waals surface area contributed by atoms with Gasteiger partial charge in [-0.2, -0.15) is 0 Å². The molecule has 0 aromatic heterocycles. The molecule has 2 aliphatic heterocycles. The van der Waals surface area contributed by atoms with Crippen LogP contribution in [0.2, 0.25) is 0 Å². The van der Waals surface area contributed by atoms with Crippen molar-refractivity contribution in [3.63, 3.8) is 0 Å². The lowest BCUT2D eigenvalue weighted by Gasteiger charge is -2.33. The summed E-state index contributed by atoms with van der Waals surface area (Å²) in [6.07, 6.45) is -1.41. The fraction of sp³-hybridized carbons (Fsp3) is 0.571. The van der Waals surface area contributed by atoms with E-state index in [0.29, 0.717) is 6.61 Å². The SMILES string of the molecule is CC1[C@@H]2CO[C@H](CO)[C@H](O)[C@H]1N(c1ccccc1)O2. The molecule has 0 saturated carbocycles. The van der Waals surface area contributed by atoms with E-state index in [0.717, 1.165) is 5.69 Å². The first-order chi connectivity index (χ1) is 9.22. The lowest BCUT2D eigenvalue weighted by molar-refractivity contribution is -0.105. The number of hydrogen-bond acceptors (Lipinski definition) is 5. The van der Waals surface area contributed by atoms with Crippen LogP contribution in [-0.4, -0.2) is 47.8 Å². The quantitative estimate of drug-likeness (QED) is 0.818. The average molecular weight is 265 g/mol. The van der Waals surface area contributed by atoms with Gasteiger partial charge < -0.3 is 14.9 Å². The largest absolute Gasteiger partial charge is 0.394 e. The minimum Gasteiger partial charge on any atom is -0.394 e. The van der Waals surface area contributed by atoms with E-state index in [4.69, 9.17) is 9.57 Å². The predicted octanol–water partition coefficient (Wildman–Crippen LogP) is 0.563. The third-order valence-corrected chi connectivity index (χ3v) is 4.04. The summed E-state index contributed by atoms with van der Waals surface area (Å²) in [7, 11) is 0. The van der Waals surface area contributed by atoms with Gasteiger partial charge in [-0.05, 0) is 12.1 Å². The second-order valence-electron chi connectivity index (χ2n) is 5.20. The Morgan fingerprint density at radius 1 is 1.32 bits per heavy atom. The molecule has 0 amide bonds. The molecule has 19 heavy (non-hydrogen) atoms. The minimum absolute atomic E-state index is 0.0867. The molecule has 2 N–H and O–H groups in total. The molecule has 2 saturated heterocycles. The van der Waals surface area contributed by atoms with E-state index in [1.54, 1.807) is 5.06 Å². The van der Waals surface area contributed by atoms with E-state index in [9.17, 15) is 10.2 Å². The molecule has 5 heteroatoms. The van der Waals surface area contributed by atoms with Crippen molar-refractivity contribution >= 4 is 5.69 Å². The Hall–Kier alpha value is -1.14. The molecule has 2 bridgehead atoms. The molecule has 2 heterocycles. The van der Waals surface area contributed by atoms with Crippen molar-refractivity contribution in [1.82, 2.24) is 0 Å². The van der Waals surface area contributed by atoms with Crippen molar-refractivity contribution in [3.05, 3.63) is 30.3 Å². The summed E-state index contributed by atoms with van der Waals surface area (Å²) in [5.74, 6) is 0.145. The molecule has 3 rings (SSSR count). The van der Waals surface area contributed by atoms with E-state index in [-0.39, 0.29) is 24.7 Å².